The van der Waals surface area contributed by atoms with E-state index in [4.69, 9.17) is 9.47 Å². The average molecular weight is 368 g/mol. The Morgan fingerprint density at radius 2 is 1.67 bits per heavy atom. The SMILES string of the molecule is COc1ccc(CCC(=O)N2CCN(c3ccccc3OC)CC2)cc1C. The molecule has 0 aromatic heterocycles. The number of amides is 1. The minimum absolute atomic E-state index is 0.225. The van der Waals surface area contributed by atoms with Gasteiger partial charge in [-0.3, -0.25) is 4.79 Å². The lowest BCUT2D eigenvalue weighted by atomic mass is 10.1. The molecule has 0 unspecified atom stereocenters. The van der Waals surface area contributed by atoms with Gasteiger partial charge in [-0.2, -0.15) is 0 Å². The molecule has 0 bridgehead atoms. The second kappa shape index (κ2) is 8.80. The quantitative estimate of drug-likeness (QED) is 0.785. The van der Waals surface area contributed by atoms with Gasteiger partial charge in [0.25, 0.3) is 0 Å². The van der Waals surface area contributed by atoms with Crippen LogP contribution < -0.4 is 14.4 Å². The highest BCUT2D eigenvalue weighted by molar-refractivity contribution is 5.77. The standard InChI is InChI=1S/C22H28N2O3/c1-17-16-18(8-10-20(17)26-2)9-11-22(25)24-14-12-23(13-15-24)19-6-4-5-7-21(19)27-3/h4-8,10,16H,9,11-15H2,1-3H3. The van der Waals surface area contributed by atoms with Gasteiger partial charge in [-0.1, -0.05) is 24.3 Å². The molecule has 0 spiro atoms. The van der Waals surface area contributed by atoms with E-state index in [-0.39, 0.29) is 5.91 Å². The fourth-order valence-electron chi connectivity index (χ4n) is 3.59. The fourth-order valence-corrected chi connectivity index (χ4v) is 3.59. The molecule has 5 nitrogen and oxygen atoms in total. The van der Waals surface area contributed by atoms with E-state index in [9.17, 15) is 4.79 Å². The molecule has 1 saturated heterocycles. The molecule has 1 aliphatic rings. The zero-order valence-electron chi connectivity index (χ0n) is 16.4. The van der Waals surface area contributed by atoms with Gasteiger partial charge in [0, 0.05) is 32.6 Å². The number of aryl methyl sites for hydroxylation is 2. The maximum atomic E-state index is 12.6. The zero-order chi connectivity index (χ0) is 19.2. The minimum atomic E-state index is 0.225. The molecule has 0 N–H and O–H groups in total. The zero-order valence-corrected chi connectivity index (χ0v) is 16.4. The smallest absolute Gasteiger partial charge is 0.223 e. The molecule has 0 aliphatic carbocycles. The van der Waals surface area contributed by atoms with Crippen LogP contribution in [0.1, 0.15) is 17.5 Å². The Hall–Kier alpha value is -2.69. The van der Waals surface area contributed by atoms with Crippen LogP contribution in [0.5, 0.6) is 11.5 Å². The Morgan fingerprint density at radius 3 is 2.33 bits per heavy atom. The van der Waals surface area contributed by atoms with Gasteiger partial charge in [0.1, 0.15) is 11.5 Å². The third-order valence-corrected chi connectivity index (χ3v) is 5.15. The molecular weight excluding hydrogens is 340 g/mol. The number of benzene rings is 2. The predicted molar refractivity (Wildman–Crippen MR) is 108 cm³/mol. The molecule has 1 aliphatic heterocycles. The highest BCUT2D eigenvalue weighted by Gasteiger charge is 2.22. The molecule has 2 aromatic rings. The first-order valence-corrected chi connectivity index (χ1v) is 9.41. The van der Waals surface area contributed by atoms with Crippen LogP contribution in [-0.2, 0) is 11.2 Å². The molecular formula is C22H28N2O3. The minimum Gasteiger partial charge on any atom is -0.496 e. The third-order valence-electron chi connectivity index (χ3n) is 5.15. The van der Waals surface area contributed by atoms with Crippen LogP contribution in [-0.4, -0.2) is 51.2 Å². The first kappa shape index (κ1) is 19.1. The van der Waals surface area contributed by atoms with Crippen molar-refractivity contribution in [2.24, 2.45) is 0 Å². The number of ether oxygens (including phenoxy) is 2. The van der Waals surface area contributed by atoms with Crippen LogP contribution in [0.15, 0.2) is 42.5 Å². The molecule has 5 heteroatoms. The van der Waals surface area contributed by atoms with Gasteiger partial charge < -0.3 is 19.3 Å². The summed E-state index contributed by atoms with van der Waals surface area (Å²) in [4.78, 5) is 16.9. The summed E-state index contributed by atoms with van der Waals surface area (Å²) in [6.45, 7) is 5.18. The van der Waals surface area contributed by atoms with Crippen LogP contribution in [0.3, 0.4) is 0 Å². The van der Waals surface area contributed by atoms with Gasteiger partial charge in [-0.25, -0.2) is 0 Å². The van der Waals surface area contributed by atoms with Crippen molar-refractivity contribution in [2.75, 3.05) is 45.3 Å². The van der Waals surface area contributed by atoms with Crippen LogP contribution in [0.25, 0.3) is 0 Å². The summed E-state index contributed by atoms with van der Waals surface area (Å²) in [7, 11) is 3.37. The first-order chi connectivity index (χ1) is 13.1. The first-order valence-electron chi connectivity index (χ1n) is 9.41. The van der Waals surface area contributed by atoms with Crippen molar-refractivity contribution >= 4 is 11.6 Å². The van der Waals surface area contributed by atoms with Crippen molar-refractivity contribution in [3.8, 4) is 11.5 Å². The van der Waals surface area contributed by atoms with Crippen molar-refractivity contribution in [3.05, 3.63) is 53.6 Å². The lowest BCUT2D eigenvalue weighted by molar-refractivity contribution is -0.131. The molecule has 1 heterocycles. The van der Waals surface area contributed by atoms with Crippen LogP contribution in [0.4, 0.5) is 5.69 Å². The van der Waals surface area contributed by atoms with Gasteiger partial charge in [-0.15, -0.1) is 0 Å². The lowest BCUT2D eigenvalue weighted by Crippen LogP contribution is -2.48. The largest absolute Gasteiger partial charge is 0.496 e. The summed E-state index contributed by atoms with van der Waals surface area (Å²) in [5, 5.41) is 0. The molecule has 0 radical (unpaired) electrons. The number of hydrogen-bond donors (Lipinski definition) is 0. The number of carbonyl (C=O) groups is 1. The second-order valence-corrected chi connectivity index (χ2v) is 6.84. The number of rotatable bonds is 6. The van der Waals surface area contributed by atoms with Gasteiger partial charge in [0.2, 0.25) is 5.91 Å². The highest BCUT2D eigenvalue weighted by Crippen LogP contribution is 2.28. The second-order valence-electron chi connectivity index (χ2n) is 6.84. The number of methoxy groups -OCH3 is 2. The Balaban J connectivity index is 1.52. The number of hydrogen-bond acceptors (Lipinski definition) is 4. The molecule has 144 valence electrons. The summed E-state index contributed by atoms with van der Waals surface area (Å²) >= 11 is 0. The van der Waals surface area contributed by atoms with E-state index in [1.807, 2.05) is 42.2 Å². The van der Waals surface area contributed by atoms with Crippen molar-refractivity contribution in [3.63, 3.8) is 0 Å². The number of nitrogens with zero attached hydrogens (tertiary/aromatic N) is 2. The van der Waals surface area contributed by atoms with Crippen molar-refractivity contribution in [2.45, 2.75) is 19.8 Å². The number of carbonyl (C=O) groups excluding carboxylic acids is 1. The van der Waals surface area contributed by atoms with Crippen LogP contribution >= 0.6 is 0 Å². The highest BCUT2D eigenvalue weighted by atomic mass is 16.5. The predicted octanol–water partition coefficient (Wildman–Crippen LogP) is 3.29. The summed E-state index contributed by atoms with van der Waals surface area (Å²) in [6.07, 6.45) is 1.30. The summed E-state index contributed by atoms with van der Waals surface area (Å²) in [5.74, 6) is 1.99. The van der Waals surface area contributed by atoms with E-state index in [1.165, 1.54) is 5.56 Å². The van der Waals surface area contributed by atoms with Gasteiger partial charge in [0.15, 0.2) is 0 Å². The summed E-state index contributed by atoms with van der Waals surface area (Å²) in [6, 6.07) is 14.2. The monoisotopic (exact) mass is 368 g/mol. The van der Waals surface area contributed by atoms with Crippen LogP contribution in [0.2, 0.25) is 0 Å². The van der Waals surface area contributed by atoms with E-state index in [2.05, 4.69) is 17.0 Å². The lowest BCUT2D eigenvalue weighted by Gasteiger charge is -2.36. The number of anilines is 1. The van der Waals surface area contributed by atoms with E-state index in [0.717, 1.165) is 55.3 Å². The van der Waals surface area contributed by atoms with E-state index in [0.29, 0.717) is 6.42 Å². The Bertz CT molecular complexity index is 783. The third kappa shape index (κ3) is 4.54. The molecule has 27 heavy (non-hydrogen) atoms. The summed E-state index contributed by atoms with van der Waals surface area (Å²) < 4.78 is 10.8. The van der Waals surface area contributed by atoms with Gasteiger partial charge in [-0.05, 0) is 42.7 Å². The van der Waals surface area contributed by atoms with Crippen molar-refractivity contribution in [1.82, 2.24) is 4.90 Å². The molecule has 3 rings (SSSR count). The molecule has 1 amide bonds. The number of piperazine rings is 1. The van der Waals surface area contributed by atoms with Gasteiger partial charge in [0.05, 0.1) is 19.9 Å². The normalized spacial score (nSPS) is 14.2. The number of para-hydroxylation sites is 2. The maximum Gasteiger partial charge on any atom is 0.223 e. The Morgan fingerprint density at radius 1 is 0.963 bits per heavy atom. The van der Waals surface area contributed by atoms with E-state index in [1.54, 1.807) is 14.2 Å². The van der Waals surface area contributed by atoms with E-state index >= 15 is 0 Å². The van der Waals surface area contributed by atoms with Crippen LogP contribution in [0, 0.1) is 6.92 Å². The van der Waals surface area contributed by atoms with Crippen molar-refractivity contribution < 1.29 is 14.3 Å². The van der Waals surface area contributed by atoms with Gasteiger partial charge >= 0.3 is 0 Å². The average Bonchev–Trinajstić information content (AvgIpc) is 2.72. The molecule has 0 saturated carbocycles. The molecule has 0 atom stereocenters. The Kier molecular flexibility index (Phi) is 6.22. The topological polar surface area (TPSA) is 42.0 Å². The Labute approximate surface area is 161 Å². The summed E-state index contributed by atoms with van der Waals surface area (Å²) in [5.41, 5.74) is 3.38. The van der Waals surface area contributed by atoms with E-state index < -0.39 is 0 Å². The maximum absolute atomic E-state index is 12.6. The molecule has 1 fully saturated rings. The van der Waals surface area contributed by atoms with Crippen molar-refractivity contribution in [1.29, 1.82) is 0 Å². The fraction of sp³-hybridized carbons (Fsp3) is 0.409. The molecule has 2 aromatic carbocycles.